The van der Waals surface area contributed by atoms with Crippen molar-refractivity contribution in [1.82, 2.24) is 39.6 Å². The van der Waals surface area contributed by atoms with Crippen molar-refractivity contribution >= 4 is 0 Å². The molecule has 0 amide bonds. The Kier molecular flexibility index (Phi) is 4.66. The summed E-state index contributed by atoms with van der Waals surface area (Å²) in [5.74, 6) is 0.0150. The molecule has 0 bridgehead atoms. The summed E-state index contributed by atoms with van der Waals surface area (Å²) in [5, 5.41) is 11.4. The van der Waals surface area contributed by atoms with E-state index in [4.69, 9.17) is 0 Å². The fourth-order valence-electron chi connectivity index (χ4n) is 3.99. The minimum Gasteiger partial charge on any atom is -0.322 e. The molecule has 8 nitrogen and oxygen atoms in total. The second-order valence-electron chi connectivity index (χ2n) is 7.42. The summed E-state index contributed by atoms with van der Waals surface area (Å²) in [6.07, 6.45) is -2.76. The molecule has 0 spiro atoms. The third kappa shape index (κ3) is 3.57. The van der Waals surface area contributed by atoms with Crippen molar-refractivity contribution in [3.05, 3.63) is 23.0 Å². The van der Waals surface area contributed by atoms with Gasteiger partial charge in [-0.1, -0.05) is 0 Å². The number of halogens is 3. The number of nitrogens with zero attached hydrogens (tertiary/aromatic N) is 8. The number of likely N-dealkylation sites (tertiary alicyclic amines) is 1. The van der Waals surface area contributed by atoms with E-state index in [1.807, 2.05) is 7.05 Å². The van der Waals surface area contributed by atoms with Crippen molar-refractivity contribution in [3.8, 4) is 0 Å². The third-order valence-electron chi connectivity index (χ3n) is 5.55. The Bertz CT molecular complexity index is 803. The van der Waals surface area contributed by atoms with E-state index in [1.165, 1.54) is 4.57 Å². The second-order valence-corrected chi connectivity index (χ2v) is 7.42. The Balaban J connectivity index is 1.63. The highest BCUT2D eigenvalue weighted by Gasteiger charge is 2.41. The first-order valence-corrected chi connectivity index (χ1v) is 9.11. The highest BCUT2D eigenvalue weighted by Crippen LogP contribution is 2.37. The van der Waals surface area contributed by atoms with E-state index in [-0.39, 0.29) is 12.5 Å². The van der Waals surface area contributed by atoms with Crippen molar-refractivity contribution in [1.29, 1.82) is 0 Å². The highest BCUT2D eigenvalue weighted by atomic mass is 19.4. The molecule has 0 unspecified atom stereocenters. The van der Waals surface area contributed by atoms with Crippen LogP contribution in [-0.2, 0) is 32.9 Å². The van der Waals surface area contributed by atoms with Crippen molar-refractivity contribution in [2.24, 2.45) is 7.05 Å². The van der Waals surface area contributed by atoms with Crippen LogP contribution in [0.5, 0.6) is 0 Å². The van der Waals surface area contributed by atoms with E-state index < -0.39 is 12.0 Å². The van der Waals surface area contributed by atoms with E-state index >= 15 is 0 Å². The van der Waals surface area contributed by atoms with E-state index in [0.717, 1.165) is 25.9 Å². The summed E-state index contributed by atoms with van der Waals surface area (Å²) in [6.45, 7) is 3.47. The predicted molar refractivity (Wildman–Crippen MR) is 89.6 cm³/mol. The average molecular weight is 384 g/mol. The van der Waals surface area contributed by atoms with Crippen LogP contribution in [-0.4, -0.2) is 66.2 Å². The molecule has 1 fully saturated rings. The molecule has 1 saturated heterocycles. The maximum absolute atomic E-state index is 13.5. The molecule has 4 heterocycles. The number of aryl methyl sites for hydroxylation is 1. The van der Waals surface area contributed by atoms with Gasteiger partial charge in [0.15, 0.2) is 5.82 Å². The van der Waals surface area contributed by atoms with Crippen LogP contribution in [0.3, 0.4) is 0 Å². The zero-order valence-corrected chi connectivity index (χ0v) is 15.4. The van der Waals surface area contributed by atoms with Crippen LogP contribution in [0.4, 0.5) is 13.2 Å². The predicted octanol–water partition coefficient (Wildman–Crippen LogP) is 1.25. The van der Waals surface area contributed by atoms with Gasteiger partial charge in [0.05, 0.1) is 17.9 Å². The van der Waals surface area contributed by atoms with Gasteiger partial charge >= 0.3 is 6.18 Å². The van der Waals surface area contributed by atoms with Gasteiger partial charge in [-0.2, -0.15) is 13.2 Å². The monoisotopic (exact) mass is 384 g/mol. The molecule has 11 heteroatoms. The Hall–Kier alpha value is -2.01. The van der Waals surface area contributed by atoms with Gasteiger partial charge in [0.25, 0.3) is 0 Å². The smallest absolute Gasteiger partial charge is 0.322 e. The maximum atomic E-state index is 13.5. The molecule has 4 rings (SSSR count). The van der Waals surface area contributed by atoms with Crippen molar-refractivity contribution in [2.45, 2.75) is 44.6 Å². The summed E-state index contributed by atoms with van der Waals surface area (Å²) >= 11 is 0. The van der Waals surface area contributed by atoms with E-state index in [0.29, 0.717) is 36.8 Å². The number of hydrogen-bond acceptors (Lipinski definition) is 6. The molecule has 2 aromatic heterocycles. The quantitative estimate of drug-likeness (QED) is 0.794. The molecular formula is C16H23F3N8. The van der Waals surface area contributed by atoms with Crippen LogP contribution in [0.1, 0.15) is 41.8 Å². The second kappa shape index (κ2) is 6.86. The van der Waals surface area contributed by atoms with Crippen LogP contribution >= 0.6 is 0 Å². The number of fused-ring (bicyclic) bond motifs is 1. The molecule has 2 aliphatic rings. The van der Waals surface area contributed by atoms with Crippen molar-refractivity contribution in [2.75, 3.05) is 26.7 Å². The topological polar surface area (TPSA) is 67.9 Å². The number of piperidine rings is 1. The normalized spacial score (nSPS) is 20.2. The van der Waals surface area contributed by atoms with Crippen LogP contribution in [0.2, 0.25) is 0 Å². The number of tetrazole rings is 1. The van der Waals surface area contributed by atoms with Gasteiger partial charge in [-0.15, -0.1) is 5.10 Å². The van der Waals surface area contributed by atoms with Crippen LogP contribution < -0.4 is 0 Å². The number of imidazole rings is 1. The van der Waals surface area contributed by atoms with Gasteiger partial charge in [-0.3, -0.25) is 4.90 Å². The molecule has 27 heavy (non-hydrogen) atoms. The summed E-state index contributed by atoms with van der Waals surface area (Å²) < 4.78 is 43.6. The Morgan fingerprint density at radius 1 is 1.07 bits per heavy atom. The molecule has 0 aromatic carbocycles. The number of alkyl halides is 3. The van der Waals surface area contributed by atoms with Crippen LogP contribution in [0.15, 0.2) is 0 Å². The Morgan fingerprint density at radius 2 is 1.81 bits per heavy atom. The molecule has 0 atom stereocenters. The highest BCUT2D eigenvalue weighted by molar-refractivity contribution is 5.25. The van der Waals surface area contributed by atoms with Gasteiger partial charge in [0.1, 0.15) is 0 Å². The largest absolute Gasteiger partial charge is 0.449 e. The van der Waals surface area contributed by atoms with Crippen molar-refractivity contribution < 1.29 is 13.2 Å². The zero-order valence-electron chi connectivity index (χ0n) is 15.4. The van der Waals surface area contributed by atoms with Crippen LogP contribution in [0.25, 0.3) is 0 Å². The number of rotatable bonds is 3. The summed E-state index contributed by atoms with van der Waals surface area (Å²) in [5.41, 5.74) is 1.31. The minimum absolute atomic E-state index is 0.0787. The van der Waals surface area contributed by atoms with Gasteiger partial charge in [0, 0.05) is 32.6 Å². The Morgan fingerprint density at radius 3 is 2.44 bits per heavy atom. The maximum Gasteiger partial charge on any atom is 0.449 e. The van der Waals surface area contributed by atoms with Gasteiger partial charge in [0.2, 0.25) is 5.82 Å². The molecule has 0 radical (unpaired) electrons. The third-order valence-corrected chi connectivity index (χ3v) is 5.55. The molecule has 0 aliphatic carbocycles. The molecular weight excluding hydrogens is 361 g/mol. The first-order chi connectivity index (χ1) is 12.8. The lowest BCUT2D eigenvalue weighted by atomic mass is 9.92. The van der Waals surface area contributed by atoms with E-state index in [9.17, 15) is 13.2 Å². The fourth-order valence-corrected chi connectivity index (χ4v) is 3.99. The summed E-state index contributed by atoms with van der Waals surface area (Å²) in [4.78, 5) is 8.40. The zero-order chi connectivity index (χ0) is 19.2. The SMILES string of the molecule is CN1CCC(c2nc(C(F)(F)F)n3c2CN(Cc2nnnn2C)CC3)CC1. The molecule has 0 saturated carbocycles. The lowest BCUT2D eigenvalue weighted by Gasteiger charge is -2.32. The molecule has 148 valence electrons. The minimum atomic E-state index is -4.44. The van der Waals surface area contributed by atoms with Gasteiger partial charge in [-0.05, 0) is 43.4 Å². The van der Waals surface area contributed by atoms with Crippen molar-refractivity contribution in [3.63, 3.8) is 0 Å². The molecule has 2 aliphatic heterocycles. The van der Waals surface area contributed by atoms with Gasteiger partial charge < -0.3 is 9.47 Å². The molecule has 0 N–H and O–H groups in total. The van der Waals surface area contributed by atoms with Crippen LogP contribution in [0, 0.1) is 0 Å². The van der Waals surface area contributed by atoms with E-state index in [2.05, 4.69) is 30.3 Å². The first-order valence-electron chi connectivity index (χ1n) is 9.11. The fraction of sp³-hybridized carbons (Fsp3) is 0.750. The van der Waals surface area contributed by atoms with E-state index in [1.54, 1.807) is 11.7 Å². The average Bonchev–Trinajstić information content (AvgIpc) is 3.19. The number of hydrogen-bond donors (Lipinski definition) is 0. The Labute approximate surface area is 154 Å². The lowest BCUT2D eigenvalue weighted by molar-refractivity contribution is -0.147. The number of aromatic nitrogens is 6. The standard InChI is InChI=1S/C16H23F3N8/c1-24-5-3-11(4-6-24)14-12-9-26(10-13-21-22-23-25(13)2)7-8-27(12)15(20-14)16(17,18)19/h11H,3-10H2,1-2H3. The van der Waals surface area contributed by atoms with Gasteiger partial charge in [-0.25, -0.2) is 9.67 Å². The summed E-state index contributed by atoms with van der Waals surface area (Å²) in [6, 6.07) is 0. The molecule has 2 aromatic rings. The lowest BCUT2D eigenvalue weighted by Crippen LogP contribution is -2.36. The summed E-state index contributed by atoms with van der Waals surface area (Å²) in [7, 11) is 3.80. The first kappa shape index (κ1) is 18.4.